The van der Waals surface area contributed by atoms with Crippen LogP contribution in [0.3, 0.4) is 0 Å². The molecule has 0 spiro atoms. The Balaban J connectivity index is 2.16. The van der Waals surface area contributed by atoms with Crippen LogP contribution < -0.4 is 0 Å². The SMILES string of the molecule is Cc1nn(C)c(CC(=O)C2(O)CCCCC2)c1Cl. The normalized spacial score (nSPS) is 18.9. The smallest absolute Gasteiger partial charge is 0.170 e. The van der Waals surface area contributed by atoms with Crippen LogP contribution >= 0.6 is 11.6 Å². The average Bonchev–Trinajstić information content (AvgIpc) is 2.57. The summed E-state index contributed by atoms with van der Waals surface area (Å²) in [5.74, 6) is -0.132. The van der Waals surface area contributed by atoms with Crippen molar-refractivity contribution in [2.45, 2.75) is 51.0 Å². The van der Waals surface area contributed by atoms with Gasteiger partial charge >= 0.3 is 0 Å². The molecule has 0 radical (unpaired) electrons. The standard InChI is InChI=1S/C13H19ClN2O2/c1-9-12(14)10(16(2)15-9)8-11(17)13(18)6-4-3-5-7-13/h18H,3-8H2,1-2H3. The van der Waals surface area contributed by atoms with Gasteiger partial charge in [0.2, 0.25) is 0 Å². The summed E-state index contributed by atoms with van der Waals surface area (Å²) in [7, 11) is 1.77. The van der Waals surface area contributed by atoms with Crippen LogP contribution in [0, 0.1) is 6.92 Å². The summed E-state index contributed by atoms with van der Waals surface area (Å²) in [5.41, 5.74) is 0.260. The Morgan fingerprint density at radius 3 is 2.56 bits per heavy atom. The summed E-state index contributed by atoms with van der Waals surface area (Å²) in [5, 5.41) is 15.1. The van der Waals surface area contributed by atoms with Gasteiger partial charge in [-0.2, -0.15) is 5.10 Å². The van der Waals surface area contributed by atoms with E-state index in [9.17, 15) is 9.90 Å². The van der Waals surface area contributed by atoms with Gasteiger partial charge in [-0.15, -0.1) is 0 Å². The maximum absolute atomic E-state index is 12.3. The molecule has 0 aliphatic heterocycles. The Bertz CT molecular complexity index is 462. The largest absolute Gasteiger partial charge is 0.382 e. The summed E-state index contributed by atoms with van der Waals surface area (Å²) in [4.78, 5) is 12.3. The van der Waals surface area contributed by atoms with Crippen LogP contribution in [0.15, 0.2) is 0 Å². The molecule has 1 N–H and O–H groups in total. The molecule has 2 rings (SSSR count). The third-order valence-corrected chi connectivity index (χ3v) is 4.28. The molecule has 0 saturated heterocycles. The van der Waals surface area contributed by atoms with Crippen LogP contribution in [-0.2, 0) is 18.3 Å². The van der Waals surface area contributed by atoms with E-state index in [0.717, 1.165) is 25.0 Å². The average molecular weight is 271 g/mol. The van der Waals surface area contributed by atoms with E-state index >= 15 is 0 Å². The molecule has 1 fully saturated rings. The second-order valence-corrected chi connectivity index (χ2v) is 5.54. The molecule has 5 heteroatoms. The molecule has 1 aromatic heterocycles. The molecule has 0 amide bonds. The molecule has 1 aliphatic carbocycles. The highest BCUT2D eigenvalue weighted by Gasteiger charge is 2.37. The Hall–Kier alpha value is -0.870. The fourth-order valence-electron chi connectivity index (χ4n) is 2.60. The van der Waals surface area contributed by atoms with Gasteiger partial charge in [-0.05, 0) is 19.8 Å². The molecule has 1 aliphatic rings. The zero-order chi connectivity index (χ0) is 13.3. The van der Waals surface area contributed by atoms with Crippen LogP contribution in [0.5, 0.6) is 0 Å². The third-order valence-electron chi connectivity index (χ3n) is 3.79. The summed E-state index contributed by atoms with van der Waals surface area (Å²) < 4.78 is 1.63. The molecule has 1 heterocycles. The van der Waals surface area contributed by atoms with E-state index in [4.69, 9.17) is 11.6 Å². The molecule has 0 unspecified atom stereocenters. The lowest BCUT2D eigenvalue weighted by atomic mass is 9.80. The van der Waals surface area contributed by atoms with E-state index in [1.165, 1.54) is 0 Å². The molecule has 100 valence electrons. The highest BCUT2D eigenvalue weighted by Crippen LogP contribution is 2.31. The molecule has 0 aromatic carbocycles. The van der Waals surface area contributed by atoms with E-state index in [1.807, 2.05) is 6.92 Å². The van der Waals surface area contributed by atoms with Crippen molar-refractivity contribution in [3.8, 4) is 0 Å². The maximum atomic E-state index is 12.3. The van der Waals surface area contributed by atoms with Crippen LogP contribution in [0.25, 0.3) is 0 Å². The van der Waals surface area contributed by atoms with Gasteiger partial charge in [0.1, 0.15) is 5.60 Å². The lowest BCUT2D eigenvalue weighted by molar-refractivity contribution is -0.139. The van der Waals surface area contributed by atoms with Crippen LogP contribution in [0.1, 0.15) is 43.5 Å². The van der Waals surface area contributed by atoms with Gasteiger partial charge in [0.05, 0.1) is 22.8 Å². The Morgan fingerprint density at radius 1 is 1.44 bits per heavy atom. The van der Waals surface area contributed by atoms with Gasteiger partial charge in [-0.1, -0.05) is 30.9 Å². The fourth-order valence-corrected chi connectivity index (χ4v) is 2.83. The number of halogens is 1. The third kappa shape index (κ3) is 2.45. The molecule has 1 aromatic rings. The van der Waals surface area contributed by atoms with Crippen LogP contribution in [-0.4, -0.2) is 26.3 Å². The number of hydrogen-bond donors (Lipinski definition) is 1. The van der Waals surface area contributed by atoms with E-state index in [1.54, 1.807) is 11.7 Å². The number of nitrogens with zero attached hydrogens (tertiary/aromatic N) is 2. The Morgan fingerprint density at radius 2 is 2.06 bits per heavy atom. The monoisotopic (exact) mass is 270 g/mol. The van der Waals surface area contributed by atoms with E-state index < -0.39 is 5.60 Å². The minimum absolute atomic E-state index is 0.132. The van der Waals surface area contributed by atoms with Gasteiger partial charge in [0, 0.05) is 7.05 Å². The number of carbonyl (C=O) groups is 1. The first-order chi connectivity index (χ1) is 8.44. The number of aliphatic hydroxyl groups is 1. The molecule has 18 heavy (non-hydrogen) atoms. The Labute approximate surface area is 112 Å². The lowest BCUT2D eigenvalue weighted by Crippen LogP contribution is -2.41. The Kier molecular flexibility index (Phi) is 3.78. The van der Waals surface area contributed by atoms with Crippen molar-refractivity contribution in [1.29, 1.82) is 0 Å². The topological polar surface area (TPSA) is 55.1 Å². The minimum atomic E-state index is -1.15. The van der Waals surface area contributed by atoms with E-state index in [2.05, 4.69) is 5.10 Å². The van der Waals surface area contributed by atoms with Gasteiger partial charge in [-0.3, -0.25) is 9.48 Å². The number of carbonyl (C=O) groups excluding carboxylic acids is 1. The van der Waals surface area contributed by atoms with Crippen molar-refractivity contribution in [1.82, 2.24) is 9.78 Å². The summed E-state index contributed by atoms with van der Waals surface area (Å²) in [6, 6.07) is 0. The number of aryl methyl sites for hydroxylation is 2. The predicted molar refractivity (Wildman–Crippen MR) is 69.7 cm³/mol. The van der Waals surface area contributed by atoms with Crippen LogP contribution in [0.4, 0.5) is 0 Å². The molecule has 1 saturated carbocycles. The number of ketones is 1. The molecule has 0 bridgehead atoms. The first-order valence-corrected chi connectivity index (χ1v) is 6.75. The van der Waals surface area contributed by atoms with Gasteiger partial charge in [0.15, 0.2) is 5.78 Å². The van der Waals surface area contributed by atoms with E-state index in [0.29, 0.717) is 23.6 Å². The number of hydrogen-bond acceptors (Lipinski definition) is 3. The highest BCUT2D eigenvalue weighted by atomic mass is 35.5. The lowest BCUT2D eigenvalue weighted by Gasteiger charge is -2.30. The van der Waals surface area contributed by atoms with Gasteiger partial charge in [-0.25, -0.2) is 0 Å². The van der Waals surface area contributed by atoms with Crippen molar-refractivity contribution in [3.05, 3.63) is 16.4 Å². The summed E-state index contributed by atoms with van der Waals surface area (Å²) in [6.07, 6.45) is 4.23. The van der Waals surface area contributed by atoms with Gasteiger partial charge < -0.3 is 5.11 Å². The maximum Gasteiger partial charge on any atom is 0.170 e. The van der Waals surface area contributed by atoms with E-state index in [-0.39, 0.29) is 12.2 Å². The number of rotatable bonds is 3. The number of aromatic nitrogens is 2. The zero-order valence-corrected chi connectivity index (χ0v) is 11.6. The zero-order valence-electron chi connectivity index (χ0n) is 10.9. The molecular weight excluding hydrogens is 252 g/mol. The van der Waals surface area contributed by atoms with Crippen molar-refractivity contribution in [2.24, 2.45) is 7.05 Å². The molecule has 4 nitrogen and oxygen atoms in total. The molecular formula is C13H19ClN2O2. The highest BCUT2D eigenvalue weighted by molar-refractivity contribution is 6.32. The quantitative estimate of drug-likeness (QED) is 0.916. The number of Topliss-reactive ketones (excluding diaryl/α,β-unsaturated/α-hetero) is 1. The van der Waals surface area contributed by atoms with Crippen molar-refractivity contribution >= 4 is 17.4 Å². The summed E-state index contributed by atoms with van der Waals surface area (Å²) in [6.45, 7) is 1.81. The van der Waals surface area contributed by atoms with Crippen molar-refractivity contribution in [2.75, 3.05) is 0 Å². The fraction of sp³-hybridized carbons (Fsp3) is 0.692. The summed E-state index contributed by atoms with van der Waals surface area (Å²) >= 11 is 6.13. The van der Waals surface area contributed by atoms with Crippen molar-refractivity contribution < 1.29 is 9.90 Å². The van der Waals surface area contributed by atoms with Gasteiger partial charge in [0.25, 0.3) is 0 Å². The first-order valence-electron chi connectivity index (χ1n) is 6.38. The predicted octanol–water partition coefficient (Wildman–Crippen LogP) is 2.19. The van der Waals surface area contributed by atoms with Crippen molar-refractivity contribution in [3.63, 3.8) is 0 Å². The van der Waals surface area contributed by atoms with Crippen LogP contribution in [0.2, 0.25) is 5.02 Å². The molecule has 0 atom stereocenters. The first kappa shape index (κ1) is 13.6. The second kappa shape index (κ2) is 5.02. The minimum Gasteiger partial charge on any atom is -0.382 e. The second-order valence-electron chi connectivity index (χ2n) is 5.16.